The smallest absolute Gasteiger partial charge is 0.251 e. The molecule has 1 saturated heterocycles. The van der Waals surface area contributed by atoms with Crippen molar-refractivity contribution in [2.75, 3.05) is 18.0 Å². The Kier molecular flexibility index (Phi) is 4.20. The van der Waals surface area contributed by atoms with E-state index in [4.69, 9.17) is 0 Å². The molecule has 1 aromatic carbocycles. The van der Waals surface area contributed by atoms with Crippen molar-refractivity contribution in [3.05, 3.63) is 58.7 Å². The van der Waals surface area contributed by atoms with Crippen molar-refractivity contribution in [3.63, 3.8) is 0 Å². The predicted molar refractivity (Wildman–Crippen MR) is 86.5 cm³/mol. The van der Waals surface area contributed by atoms with Crippen LogP contribution in [0.15, 0.2) is 53.1 Å². The van der Waals surface area contributed by atoms with E-state index in [0.29, 0.717) is 5.56 Å². The molecule has 0 bridgehead atoms. The Morgan fingerprint density at radius 3 is 2.95 bits per heavy atom. The number of amides is 1. The van der Waals surface area contributed by atoms with Gasteiger partial charge in [-0.3, -0.25) is 4.79 Å². The summed E-state index contributed by atoms with van der Waals surface area (Å²) < 4.78 is 0.914. The lowest BCUT2D eigenvalue weighted by Crippen LogP contribution is -2.37. The van der Waals surface area contributed by atoms with E-state index in [1.165, 1.54) is 0 Å². The van der Waals surface area contributed by atoms with Gasteiger partial charge in [-0.15, -0.1) is 0 Å². The highest BCUT2D eigenvalue weighted by molar-refractivity contribution is 9.10. The van der Waals surface area contributed by atoms with Crippen LogP contribution in [0.1, 0.15) is 16.8 Å². The number of benzene rings is 1. The lowest BCUT2D eigenvalue weighted by atomic mass is 10.2. The summed E-state index contributed by atoms with van der Waals surface area (Å²) in [6, 6.07) is 13.5. The van der Waals surface area contributed by atoms with Gasteiger partial charge >= 0.3 is 0 Å². The lowest BCUT2D eigenvalue weighted by molar-refractivity contribution is 0.0940. The highest BCUT2D eigenvalue weighted by Gasteiger charge is 2.24. The Morgan fingerprint density at radius 1 is 1.29 bits per heavy atom. The quantitative estimate of drug-likeness (QED) is 0.930. The zero-order chi connectivity index (χ0) is 14.7. The van der Waals surface area contributed by atoms with Gasteiger partial charge in [0.2, 0.25) is 0 Å². The number of hydrogen-bond donors (Lipinski definition) is 1. The molecule has 1 fully saturated rings. The first-order valence-corrected chi connectivity index (χ1v) is 7.74. The first-order chi connectivity index (χ1) is 10.2. The standard InChI is InChI=1S/C16H16BrN3O/c17-13-5-3-4-12(10-13)16(21)19-14-7-9-20(11-14)15-6-1-2-8-18-15/h1-6,8,10,14H,7,9,11H2,(H,19,21). The van der Waals surface area contributed by atoms with Gasteiger partial charge < -0.3 is 10.2 Å². The van der Waals surface area contributed by atoms with Gasteiger partial charge in [0, 0.05) is 35.4 Å². The molecule has 5 heteroatoms. The first-order valence-electron chi connectivity index (χ1n) is 6.95. The molecule has 0 spiro atoms. The van der Waals surface area contributed by atoms with Crippen LogP contribution in [0.5, 0.6) is 0 Å². The molecule has 108 valence electrons. The van der Waals surface area contributed by atoms with Gasteiger partial charge in [-0.1, -0.05) is 28.1 Å². The molecular weight excluding hydrogens is 330 g/mol. The second kappa shape index (κ2) is 6.26. The fourth-order valence-corrected chi connectivity index (χ4v) is 2.92. The summed E-state index contributed by atoms with van der Waals surface area (Å²) in [6.45, 7) is 1.72. The Hall–Kier alpha value is -1.88. The van der Waals surface area contributed by atoms with Crippen LogP contribution in [-0.4, -0.2) is 30.0 Å². The van der Waals surface area contributed by atoms with Crippen LogP contribution in [0.3, 0.4) is 0 Å². The Balaban J connectivity index is 1.61. The molecule has 21 heavy (non-hydrogen) atoms. The van der Waals surface area contributed by atoms with Crippen molar-refractivity contribution in [2.45, 2.75) is 12.5 Å². The van der Waals surface area contributed by atoms with Crippen LogP contribution in [0.4, 0.5) is 5.82 Å². The minimum Gasteiger partial charge on any atom is -0.354 e. The molecule has 1 aliphatic rings. The van der Waals surface area contributed by atoms with E-state index in [-0.39, 0.29) is 11.9 Å². The van der Waals surface area contributed by atoms with Gasteiger partial charge in [0.1, 0.15) is 5.82 Å². The number of halogens is 1. The summed E-state index contributed by atoms with van der Waals surface area (Å²) >= 11 is 3.39. The van der Waals surface area contributed by atoms with E-state index in [1.807, 2.05) is 42.5 Å². The van der Waals surface area contributed by atoms with Crippen molar-refractivity contribution in [1.82, 2.24) is 10.3 Å². The molecule has 0 saturated carbocycles. The Bertz CT molecular complexity index is 632. The minimum atomic E-state index is -0.0239. The Morgan fingerprint density at radius 2 is 2.19 bits per heavy atom. The van der Waals surface area contributed by atoms with Crippen LogP contribution in [0.25, 0.3) is 0 Å². The maximum absolute atomic E-state index is 12.2. The largest absolute Gasteiger partial charge is 0.354 e. The summed E-state index contributed by atoms with van der Waals surface area (Å²) in [5.41, 5.74) is 0.681. The molecule has 1 unspecified atom stereocenters. The zero-order valence-electron chi connectivity index (χ0n) is 11.5. The number of carbonyl (C=O) groups excluding carboxylic acids is 1. The molecule has 0 radical (unpaired) electrons. The monoisotopic (exact) mass is 345 g/mol. The molecule has 0 aliphatic carbocycles. The summed E-state index contributed by atoms with van der Waals surface area (Å²) in [5.74, 6) is 0.945. The topological polar surface area (TPSA) is 45.2 Å². The van der Waals surface area contributed by atoms with Gasteiger partial charge in [0.05, 0.1) is 0 Å². The lowest BCUT2D eigenvalue weighted by Gasteiger charge is -2.17. The molecule has 1 atom stereocenters. The second-order valence-corrected chi connectivity index (χ2v) is 6.02. The SMILES string of the molecule is O=C(NC1CCN(c2ccccn2)C1)c1cccc(Br)c1. The van der Waals surface area contributed by atoms with E-state index in [1.54, 1.807) is 6.20 Å². The molecule has 1 amide bonds. The highest BCUT2D eigenvalue weighted by Crippen LogP contribution is 2.18. The Labute approximate surface area is 132 Å². The zero-order valence-corrected chi connectivity index (χ0v) is 13.1. The summed E-state index contributed by atoms with van der Waals surface area (Å²) in [6.07, 6.45) is 2.74. The summed E-state index contributed by atoms with van der Waals surface area (Å²) in [4.78, 5) is 18.8. The molecule has 1 aliphatic heterocycles. The van der Waals surface area contributed by atoms with E-state index in [0.717, 1.165) is 29.8 Å². The van der Waals surface area contributed by atoms with Gasteiger partial charge in [0.25, 0.3) is 5.91 Å². The van der Waals surface area contributed by atoms with Crippen LogP contribution in [0.2, 0.25) is 0 Å². The van der Waals surface area contributed by atoms with Gasteiger partial charge in [-0.05, 0) is 36.8 Å². The van der Waals surface area contributed by atoms with Crippen molar-refractivity contribution in [1.29, 1.82) is 0 Å². The highest BCUT2D eigenvalue weighted by atomic mass is 79.9. The van der Waals surface area contributed by atoms with Gasteiger partial charge in [-0.2, -0.15) is 0 Å². The second-order valence-electron chi connectivity index (χ2n) is 5.10. The number of rotatable bonds is 3. The number of anilines is 1. The van der Waals surface area contributed by atoms with Crippen molar-refractivity contribution in [2.24, 2.45) is 0 Å². The number of nitrogens with one attached hydrogen (secondary N) is 1. The van der Waals surface area contributed by atoms with Crippen molar-refractivity contribution >= 4 is 27.7 Å². The van der Waals surface area contributed by atoms with E-state index < -0.39 is 0 Å². The molecule has 1 N–H and O–H groups in total. The minimum absolute atomic E-state index is 0.0239. The number of nitrogens with zero attached hydrogens (tertiary/aromatic N) is 2. The summed E-state index contributed by atoms with van der Waals surface area (Å²) in [5, 5.41) is 3.09. The first kappa shape index (κ1) is 14.1. The molecule has 2 aromatic rings. The van der Waals surface area contributed by atoms with Crippen LogP contribution in [0, 0.1) is 0 Å². The van der Waals surface area contributed by atoms with E-state index >= 15 is 0 Å². The molecular formula is C16H16BrN3O. The third kappa shape index (κ3) is 3.42. The molecule has 1 aromatic heterocycles. The maximum atomic E-state index is 12.2. The third-order valence-corrected chi connectivity index (χ3v) is 4.08. The fourth-order valence-electron chi connectivity index (χ4n) is 2.53. The fraction of sp³-hybridized carbons (Fsp3) is 0.250. The van der Waals surface area contributed by atoms with E-state index in [2.05, 4.69) is 31.1 Å². The third-order valence-electron chi connectivity index (χ3n) is 3.58. The summed E-state index contributed by atoms with van der Waals surface area (Å²) in [7, 11) is 0. The molecule has 4 nitrogen and oxygen atoms in total. The number of carbonyl (C=O) groups is 1. The normalized spacial score (nSPS) is 17.8. The molecule has 3 rings (SSSR count). The average Bonchev–Trinajstić information content (AvgIpc) is 2.97. The molecule has 2 heterocycles. The van der Waals surface area contributed by atoms with Gasteiger partial charge in [0.15, 0.2) is 0 Å². The van der Waals surface area contributed by atoms with Crippen LogP contribution in [-0.2, 0) is 0 Å². The van der Waals surface area contributed by atoms with Crippen molar-refractivity contribution < 1.29 is 4.79 Å². The predicted octanol–water partition coefficient (Wildman–Crippen LogP) is 2.85. The van der Waals surface area contributed by atoms with Crippen LogP contribution >= 0.6 is 15.9 Å². The number of hydrogen-bond acceptors (Lipinski definition) is 3. The van der Waals surface area contributed by atoms with Crippen LogP contribution < -0.4 is 10.2 Å². The maximum Gasteiger partial charge on any atom is 0.251 e. The number of aromatic nitrogens is 1. The number of pyridine rings is 1. The van der Waals surface area contributed by atoms with Gasteiger partial charge in [-0.25, -0.2) is 4.98 Å². The average molecular weight is 346 g/mol. The van der Waals surface area contributed by atoms with Crippen molar-refractivity contribution in [3.8, 4) is 0 Å². The van der Waals surface area contributed by atoms with E-state index in [9.17, 15) is 4.79 Å².